The van der Waals surface area contributed by atoms with Crippen molar-refractivity contribution in [3.05, 3.63) is 77.3 Å². The molecule has 0 amide bonds. The third kappa shape index (κ3) is 4.14. The minimum absolute atomic E-state index is 0.00261. The number of aromatic amines is 2. The van der Waals surface area contributed by atoms with Crippen molar-refractivity contribution in [3.63, 3.8) is 0 Å². The van der Waals surface area contributed by atoms with E-state index in [1.807, 2.05) is 4.98 Å². The van der Waals surface area contributed by atoms with Crippen LogP contribution in [0.3, 0.4) is 0 Å². The molecule has 0 aliphatic rings. The van der Waals surface area contributed by atoms with Crippen molar-refractivity contribution in [2.75, 3.05) is 0 Å². The van der Waals surface area contributed by atoms with E-state index < -0.39 is 23.4 Å². The molecule has 1 aromatic carbocycles. The zero-order chi connectivity index (χ0) is 21.3. The Kier molecular flexibility index (Phi) is 5.69. The summed E-state index contributed by atoms with van der Waals surface area (Å²) in [5.41, 5.74) is -1.43. The lowest BCUT2D eigenvalue weighted by atomic mass is 10.2. The molecule has 10 nitrogen and oxygen atoms in total. The molecular formula is C17H13Cl2N5O5. The highest BCUT2D eigenvalue weighted by molar-refractivity contribution is 6.37. The van der Waals surface area contributed by atoms with Crippen molar-refractivity contribution < 1.29 is 9.84 Å². The van der Waals surface area contributed by atoms with E-state index >= 15 is 0 Å². The lowest BCUT2D eigenvalue weighted by molar-refractivity contribution is 0.271. The molecule has 3 rings (SSSR count). The Morgan fingerprint density at radius 2 is 1.86 bits per heavy atom. The molecule has 2 heterocycles. The van der Waals surface area contributed by atoms with Gasteiger partial charge in [-0.3, -0.25) is 14.6 Å². The van der Waals surface area contributed by atoms with Crippen LogP contribution in [0.1, 0.15) is 18.2 Å². The monoisotopic (exact) mass is 437 g/mol. The van der Waals surface area contributed by atoms with Gasteiger partial charge in [-0.2, -0.15) is 9.78 Å². The van der Waals surface area contributed by atoms with E-state index in [2.05, 4.69) is 21.9 Å². The number of allylic oxidation sites excluding steroid dienone is 1. The van der Waals surface area contributed by atoms with Gasteiger partial charge in [-0.25, -0.2) is 9.89 Å². The highest BCUT2D eigenvalue weighted by atomic mass is 35.5. The Balaban J connectivity index is 2.05. The van der Waals surface area contributed by atoms with Crippen LogP contribution in [-0.4, -0.2) is 30.1 Å². The fourth-order valence-electron chi connectivity index (χ4n) is 2.34. The molecule has 0 saturated heterocycles. The number of halogens is 2. The maximum Gasteiger partial charge on any atom is 0.349 e. The SMILES string of the molecule is C=C(C)c1cc(Oc2c(Cl)cc(-n3nc(CO)c(=O)[nH]c3=O)cc2Cl)n[nH]c1=O. The first-order valence-corrected chi connectivity index (χ1v) is 8.73. The Morgan fingerprint density at radius 3 is 2.45 bits per heavy atom. The number of rotatable bonds is 5. The molecule has 0 aliphatic heterocycles. The molecule has 150 valence electrons. The summed E-state index contributed by atoms with van der Waals surface area (Å²) < 4.78 is 6.40. The predicted octanol–water partition coefficient (Wildman–Crippen LogP) is 1.63. The number of benzene rings is 1. The average Bonchev–Trinajstić information content (AvgIpc) is 2.65. The number of hydrogen-bond acceptors (Lipinski definition) is 7. The van der Waals surface area contributed by atoms with Crippen LogP contribution in [0.4, 0.5) is 0 Å². The van der Waals surface area contributed by atoms with Gasteiger partial charge in [-0.1, -0.05) is 29.8 Å². The molecule has 2 aromatic heterocycles. The summed E-state index contributed by atoms with van der Waals surface area (Å²) in [5.74, 6) is 0.0326. The molecule has 3 N–H and O–H groups in total. The normalized spacial score (nSPS) is 10.8. The van der Waals surface area contributed by atoms with Gasteiger partial charge in [0.15, 0.2) is 11.4 Å². The number of aliphatic hydroxyl groups is 1. The number of H-pyrrole nitrogens is 2. The van der Waals surface area contributed by atoms with E-state index in [1.165, 1.54) is 18.2 Å². The standard InChI is InChI=1S/C17H13Cl2N5O5/c1-7(2)9-5-13(21-22-15(9)26)29-14-10(18)3-8(4-11(14)19)24-17(28)20-16(27)12(6-25)23-24/h3-5,25H,1,6H2,2H3,(H,22,26)(H,20,27,28). The van der Waals surface area contributed by atoms with E-state index in [4.69, 9.17) is 27.9 Å². The Morgan fingerprint density at radius 1 is 1.21 bits per heavy atom. The van der Waals surface area contributed by atoms with E-state index in [-0.39, 0.29) is 38.6 Å². The van der Waals surface area contributed by atoms with Crippen LogP contribution in [-0.2, 0) is 6.61 Å². The first kappa shape index (κ1) is 20.5. The maximum atomic E-state index is 12.0. The first-order valence-electron chi connectivity index (χ1n) is 7.97. The highest BCUT2D eigenvalue weighted by Gasteiger charge is 2.16. The molecule has 12 heteroatoms. The zero-order valence-electron chi connectivity index (χ0n) is 14.8. The van der Waals surface area contributed by atoms with Gasteiger partial charge in [-0.05, 0) is 24.6 Å². The van der Waals surface area contributed by atoms with Gasteiger partial charge < -0.3 is 9.84 Å². The van der Waals surface area contributed by atoms with Crippen molar-refractivity contribution in [1.82, 2.24) is 25.0 Å². The van der Waals surface area contributed by atoms with Crippen LogP contribution in [0.25, 0.3) is 11.3 Å². The molecule has 0 saturated carbocycles. The Labute approximate surface area is 172 Å². The van der Waals surface area contributed by atoms with Gasteiger partial charge >= 0.3 is 5.69 Å². The smallest absolute Gasteiger partial charge is 0.349 e. The highest BCUT2D eigenvalue weighted by Crippen LogP contribution is 2.37. The summed E-state index contributed by atoms with van der Waals surface area (Å²) in [6.07, 6.45) is 0. The Hall–Kier alpha value is -3.21. The summed E-state index contributed by atoms with van der Waals surface area (Å²) in [6.45, 7) is 4.69. The topological polar surface area (TPSA) is 143 Å². The van der Waals surface area contributed by atoms with E-state index in [1.54, 1.807) is 6.92 Å². The number of nitrogens with zero attached hydrogens (tertiary/aromatic N) is 3. The summed E-state index contributed by atoms with van der Waals surface area (Å²) >= 11 is 12.5. The number of ether oxygens (including phenoxy) is 1. The molecule has 0 bridgehead atoms. The average molecular weight is 438 g/mol. The van der Waals surface area contributed by atoms with Crippen LogP contribution in [0, 0.1) is 0 Å². The van der Waals surface area contributed by atoms with E-state index in [0.29, 0.717) is 5.57 Å². The Bertz CT molecular complexity index is 1270. The van der Waals surface area contributed by atoms with Crippen LogP contribution >= 0.6 is 23.2 Å². The van der Waals surface area contributed by atoms with Crippen molar-refractivity contribution in [3.8, 4) is 17.3 Å². The molecule has 0 unspecified atom stereocenters. The second-order valence-electron chi connectivity index (χ2n) is 5.85. The summed E-state index contributed by atoms with van der Waals surface area (Å²) in [5, 5.41) is 19.0. The molecule has 0 spiro atoms. The van der Waals surface area contributed by atoms with E-state index in [9.17, 15) is 19.5 Å². The second-order valence-corrected chi connectivity index (χ2v) is 6.66. The third-order valence-corrected chi connectivity index (χ3v) is 4.28. The van der Waals surface area contributed by atoms with E-state index in [0.717, 1.165) is 4.68 Å². The summed E-state index contributed by atoms with van der Waals surface area (Å²) in [4.78, 5) is 37.3. The van der Waals surface area contributed by atoms with Crippen LogP contribution in [0.15, 0.2) is 39.2 Å². The summed E-state index contributed by atoms with van der Waals surface area (Å²) in [6, 6.07) is 4.02. The predicted molar refractivity (Wildman–Crippen MR) is 106 cm³/mol. The van der Waals surface area contributed by atoms with Crippen LogP contribution < -0.4 is 21.5 Å². The second kappa shape index (κ2) is 8.03. The number of nitrogens with one attached hydrogen (secondary N) is 2. The molecule has 0 atom stereocenters. The largest absolute Gasteiger partial charge is 0.434 e. The van der Waals surface area contributed by atoms with Crippen molar-refractivity contribution in [1.29, 1.82) is 0 Å². The molecule has 0 fully saturated rings. The molecular weight excluding hydrogens is 425 g/mol. The number of hydrogen-bond donors (Lipinski definition) is 3. The molecule has 3 aromatic rings. The van der Waals surface area contributed by atoms with Gasteiger partial charge in [0.05, 0.1) is 22.3 Å². The fourth-order valence-corrected chi connectivity index (χ4v) is 2.89. The van der Waals surface area contributed by atoms with Crippen molar-refractivity contribution >= 4 is 28.8 Å². The van der Waals surface area contributed by atoms with Crippen LogP contribution in [0.2, 0.25) is 10.0 Å². The van der Waals surface area contributed by atoms with Gasteiger partial charge in [0, 0.05) is 11.6 Å². The molecule has 29 heavy (non-hydrogen) atoms. The molecule has 0 radical (unpaired) electrons. The quantitative estimate of drug-likeness (QED) is 0.550. The van der Waals surface area contributed by atoms with Gasteiger partial charge in [0.25, 0.3) is 11.1 Å². The lowest BCUT2D eigenvalue weighted by Crippen LogP contribution is -2.34. The van der Waals surface area contributed by atoms with Crippen molar-refractivity contribution in [2.45, 2.75) is 13.5 Å². The lowest BCUT2D eigenvalue weighted by Gasteiger charge is -2.12. The van der Waals surface area contributed by atoms with Gasteiger partial charge in [0.2, 0.25) is 5.88 Å². The minimum atomic E-state index is -0.846. The zero-order valence-corrected chi connectivity index (χ0v) is 16.3. The minimum Gasteiger partial charge on any atom is -0.434 e. The van der Waals surface area contributed by atoms with Crippen molar-refractivity contribution in [2.24, 2.45) is 0 Å². The number of aliphatic hydroxyl groups excluding tert-OH is 1. The third-order valence-electron chi connectivity index (χ3n) is 3.72. The van der Waals surface area contributed by atoms with Gasteiger partial charge in [-0.15, -0.1) is 5.10 Å². The first-order chi connectivity index (χ1) is 13.7. The maximum absolute atomic E-state index is 12.0. The number of aromatic nitrogens is 5. The summed E-state index contributed by atoms with van der Waals surface area (Å²) in [7, 11) is 0. The fraction of sp³-hybridized carbons (Fsp3) is 0.118. The molecule has 0 aliphatic carbocycles. The van der Waals surface area contributed by atoms with Crippen LogP contribution in [0.5, 0.6) is 11.6 Å². The van der Waals surface area contributed by atoms with Gasteiger partial charge in [0.1, 0.15) is 0 Å².